The first-order valence-corrected chi connectivity index (χ1v) is 7.50. The number of aryl methyl sites for hydroxylation is 1. The number of carbonyl (C=O) groups excluding carboxylic acids is 1. The molecule has 7 heteroatoms. The minimum atomic E-state index is -0.0613. The van der Waals surface area contributed by atoms with Gasteiger partial charge in [-0.05, 0) is 30.7 Å². The molecule has 0 unspecified atom stereocenters. The first-order valence-electron chi connectivity index (χ1n) is 7.50. The zero-order valence-corrected chi connectivity index (χ0v) is 13.4. The van der Waals surface area contributed by atoms with Crippen LogP contribution in [0.5, 0.6) is 5.75 Å². The number of morpholine rings is 1. The molecular weight excluding hydrogens is 308 g/mol. The molecule has 1 saturated heterocycles. The number of hydrogen-bond donors (Lipinski definition) is 1. The van der Waals surface area contributed by atoms with Crippen LogP contribution in [0.25, 0.3) is 0 Å². The van der Waals surface area contributed by atoms with Crippen molar-refractivity contribution in [2.24, 2.45) is 0 Å². The number of hydrogen-bond acceptors (Lipinski definition) is 6. The third-order valence-corrected chi connectivity index (χ3v) is 3.54. The van der Waals surface area contributed by atoms with Crippen molar-refractivity contribution in [3.8, 4) is 17.9 Å². The molecule has 24 heavy (non-hydrogen) atoms. The summed E-state index contributed by atoms with van der Waals surface area (Å²) in [5.74, 6) is 0.526. The van der Waals surface area contributed by atoms with Crippen molar-refractivity contribution in [2.75, 3.05) is 38.2 Å². The third kappa shape index (κ3) is 4.73. The molecule has 0 aliphatic carbocycles. The summed E-state index contributed by atoms with van der Waals surface area (Å²) >= 11 is 0. The standard InChI is InChI=1S/C17H18N4O3/c1-13-8-15(2-3-16(13)20-11-14(9-18)10-19)24-12-17(22)21-4-6-23-7-5-21/h2-3,8,11,20H,4-7,12H2,1H3. The Labute approximate surface area is 140 Å². The van der Waals surface area contributed by atoms with Gasteiger partial charge < -0.3 is 19.7 Å². The van der Waals surface area contributed by atoms with Crippen LogP contribution < -0.4 is 10.1 Å². The average molecular weight is 326 g/mol. The smallest absolute Gasteiger partial charge is 0.260 e. The van der Waals surface area contributed by atoms with Gasteiger partial charge >= 0.3 is 0 Å². The summed E-state index contributed by atoms with van der Waals surface area (Å²) in [6.07, 6.45) is 1.35. The Morgan fingerprint density at radius 3 is 2.71 bits per heavy atom. The van der Waals surface area contributed by atoms with Gasteiger partial charge in [-0.15, -0.1) is 0 Å². The van der Waals surface area contributed by atoms with Crippen LogP contribution in [0.3, 0.4) is 0 Å². The second-order valence-corrected chi connectivity index (χ2v) is 5.18. The normalized spacial score (nSPS) is 13.4. The fourth-order valence-electron chi connectivity index (χ4n) is 2.18. The maximum Gasteiger partial charge on any atom is 0.260 e. The molecule has 1 fully saturated rings. The molecule has 1 aliphatic heterocycles. The number of nitriles is 2. The number of carbonyl (C=O) groups is 1. The Hall–Kier alpha value is -3.03. The lowest BCUT2D eigenvalue weighted by atomic mass is 10.2. The van der Waals surface area contributed by atoms with Gasteiger partial charge in [-0.2, -0.15) is 10.5 Å². The van der Waals surface area contributed by atoms with E-state index in [9.17, 15) is 4.79 Å². The predicted octanol–water partition coefficient (Wildman–Crippen LogP) is 1.58. The highest BCUT2D eigenvalue weighted by molar-refractivity contribution is 5.77. The van der Waals surface area contributed by atoms with E-state index in [4.69, 9.17) is 20.0 Å². The molecule has 1 aromatic rings. The molecule has 7 nitrogen and oxygen atoms in total. The Bertz CT molecular complexity index is 694. The number of nitrogens with one attached hydrogen (secondary N) is 1. The quantitative estimate of drug-likeness (QED) is 0.825. The highest BCUT2D eigenvalue weighted by Gasteiger charge is 2.17. The number of ether oxygens (including phenoxy) is 2. The van der Waals surface area contributed by atoms with Crippen molar-refractivity contribution in [3.63, 3.8) is 0 Å². The summed E-state index contributed by atoms with van der Waals surface area (Å²) in [7, 11) is 0. The lowest BCUT2D eigenvalue weighted by Gasteiger charge is -2.26. The van der Waals surface area contributed by atoms with Gasteiger partial charge in [0, 0.05) is 25.0 Å². The number of anilines is 1. The number of benzene rings is 1. The lowest BCUT2D eigenvalue weighted by molar-refractivity contribution is -0.137. The van der Waals surface area contributed by atoms with E-state index in [2.05, 4.69) is 5.32 Å². The van der Waals surface area contributed by atoms with E-state index in [1.807, 2.05) is 6.92 Å². The van der Waals surface area contributed by atoms with Gasteiger partial charge in [0.05, 0.1) is 13.2 Å². The van der Waals surface area contributed by atoms with Crippen LogP contribution in [-0.4, -0.2) is 43.7 Å². The zero-order chi connectivity index (χ0) is 17.4. The molecule has 0 spiro atoms. The molecule has 0 aromatic heterocycles. The van der Waals surface area contributed by atoms with Crippen molar-refractivity contribution in [1.82, 2.24) is 4.90 Å². The SMILES string of the molecule is Cc1cc(OCC(=O)N2CCOCC2)ccc1NC=C(C#N)C#N. The predicted molar refractivity (Wildman–Crippen MR) is 87.0 cm³/mol. The summed E-state index contributed by atoms with van der Waals surface area (Å²) in [5, 5.41) is 20.3. The van der Waals surface area contributed by atoms with Gasteiger partial charge in [-0.3, -0.25) is 4.79 Å². The molecule has 1 heterocycles. The summed E-state index contributed by atoms with van der Waals surface area (Å²) in [6, 6.07) is 8.85. The van der Waals surface area contributed by atoms with Gasteiger partial charge in [0.15, 0.2) is 6.61 Å². The minimum absolute atomic E-state index is 0.00849. The first-order chi connectivity index (χ1) is 11.6. The van der Waals surface area contributed by atoms with Crippen LogP contribution in [0.15, 0.2) is 30.0 Å². The Balaban J connectivity index is 1.92. The first kappa shape index (κ1) is 17.3. The van der Waals surface area contributed by atoms with Crippen molar-refractivity contribution in [2.45, 2.75) is 6.92 Å². The van der Waals surface area contributed by atoms with E-state index in [1.54, 1.807) is 35.2 Å². The molecule has 1 aromatic carbocycles. The van der Waals surface area contributed by atoms with E-state index in [-0.39, 0.29) is 18.1 Å². The maximum atomic E-state index is 12.0. The van der Waals surface area contributed by atoms with Crippen LogP contribution in [0.1, 0.15) is 5.56 Å². The zero-order valence-electron chi connectivity index (χ0n) is 13.4. The summed E-state index contributed by atoms with van der Waals surface area (Å²) in [4.78, 5) is 13.8. The van der Waals surface area contributed by atoms with Crippen LogP contribution in [0, 0.1) is 29.6 Å². The van der Waals surface area contributed by atoms with E-state index in [0.29, 0.717) is 32.1 Å². The minimum Gasteiger partial charge on any atom is -0.484 e. The lowest BCUT2D eigenvalue weighted by Crippen LogP contribution is -2.42. The van der Waals surface area contributed by atoms with E-state index in [1.165, 1.54) is 6.20 Å². The molecule has 1 amide bonds. The largest absolute Gasteiger partial charge is 0.484 e. The second-order valence-electron chi connectivity index (χ2n) is 5.18. The van der Waals surface area contributed by atoms with E-state index < -0.39 is 0 Å². The van der Waals surface area contributed by atoms with Gasteiger partial charge in [-0.1, -0.05) is 0 Å². The fraction of sp³-hybridized carbons (Fsp3) is 0.353. The molecule has 0 radical (unpaired) electrons. The third-order valence-electron chi connectivity index (χ3n) is 3.54. The van der Waals surface area contributed by atoms with Gasteiger partial charge in [0.1, 0.15) is 23.5 Å². The van der Waals surface area contributed by atoms with E-state index in [0.717, 1.165) is 11.3 Å². The number of allylic oxidation sites excluding steroid dienone is 1. The van der Waals surface area contributed by atoms with Crippen molar-refractivity contribution in [3.05, 3.63) is 35.5 Å². The summed E-state index contributed by atoms with van der Waals surface area (Å²) in [6.45, 7) is 4.16. The van der Waals surface area contributed by atoms with Crippen molar-refractivity contribution >= 4 is 11.6 Å². The Kier molecular flexibility index (Phi) is 6.18. The highest BCUT2D eigenvalue weighted by Crippen LogP contribution is 2.21. The number of nitrogens with zero attached hydrogens (tertiary/aromatic N) is 3. The molecule has 1 N–H and O–H groups in total. The van der Waals surface area contributed by atoms with Crippen LogP contribution >= 0.6 is 0 Å². The highest BCUT2D eigenvalue weighted by atomic mass is 16.5. The Morgan fingerprint density at radius 1 is 1.38 bits per heavy atom. The van der Waals surface area contributed by atoms with Crippen LogP contribution in [-0.2, 0) is 9.53 Å². The van der Waals surface area contributed by atoms with Crippen molar-refractivity contribution < 1.29 is 14.3 Å². The maximum absolute atomic E-state index is 12.0. The van der Waals surface area contributed by atoms with E-state index >= 15 is 0 Å². The van der Waals surface area contributed by atoms with Crippen LogP contribution in [0.4, 0.5) is 5.69 Å². The topological polar surface area (TPSA) is 98.4 Å². The summed E-state index contributed by atoms with van der Waals surface area (Å²) < 4.78 is 10.8. The molecule has 0 bridgehead atoms. The van der Waals surface area contributed by atoms with Gasteiger partial charge in [-0.25, -0.2) is 0 Å². The molecule has 1 aliphatic rings. The molecule has 124 valence electrons. The summed E-state index contributed by atoms with van der Waals surface area (Å²) in [5.41, 5.74) is 1.62. The molecule has 0 atom stereocenters. The van der Waals surface area contributed by atoms with Crippen LogP contribution in [0.2, 0.25) is 0 Å². The molecular formula is C17H18N4O3. The van der Waals surface area contributed by atoms with Gasteiger partial charge in [0.2, 0.25) is 0 Å². The monoisotopic (exact) mass is 326 g/mol. The molecule has 0 saturated carbocycles. The Morgan fingerprint density at radius 2 is 2.08 bits per heavy atom. The number of amides is 1. The molecule has 2 rings (SSSR count). The van der Waals surface area contributed by atoms with Crippen molar-refractivity contribution in [1.29, 1.82) is 10.5 Å². The second kappa shape index (κ2) is 8.56. The van der Waals surface area contributed by atoms with Gasteiger partial charge in [0.25, 0.3) is 5.91 Å². The fourth-order valence-corrected chi connectivity index (χ4v) is 2.18. The number of rotatable bonds is 5. The average Bonchev–Trinajstić information content (AvgIpc) is 2.62.